The van der Waals surface area contributed by atoms with Gasteiger partial charge in [-0.25, -0.2) is 4.57 Å². The predicted octanol–water partition coefficient (Wildman–Crippen LogP) is 11.3. The third kappa shape index (κ3) is 5.29. The molecule has 0 spiro atoms. The highest BCUT2D eigenvalue weighted by molar-refractivity contribution is 6.89. The number of nitrogens with zero attached hydrogens (tertiary/aromatic N) is 3. The molecule has 0 N–H and O–H groups in total. The second kappa shape index (κ2) is 12.9. The van der Waals surface area contributed by atoms with Gasteiger partial charge in [-0.2, -0.15) is 9.13 Å². The van der Waals surface area contributed by atoms with E-state index in [2.05, 4.69) is 137 Å². The number of furan rings is 1. The molecule has 0 radical (unpaired) electrons. The van der Waals surface area contributed by atoms with Crippen molar-refractivity contribution in [2.75, 3.05) is 0 Å². The molecule has 5 heteroatoms. The molecule has 2 atom stereocenters. The third-order valence-electron chi connectivity index (χ3n) is 13.2. The van der Waals surface area contributed by atoms with Gasteiger partial charge >= 0.3 is 0 Å². The van der Waals surface area contributed by atoms with Gasteiger partial charge in [0.2, 0.25) is 5.69 Å². The Labute approximate surface area is 320 Å². The molecule has 7 aromatic rings. The average molecular weight is 728 g/mol. The van der Waals surface area contributed by atoms with Crippen LogP contribution < -0.4 is 14.3 Å². The molecule has 1 fully saturated rings. The number of fused-ring (bicyclic) bond motifs is 15. The van der Waals surface area contributed by atoms with Crippen molar-refractivity contribution in [2.45, 2.75) is 103 Å². The first kappa shape index (κ1) is 33.8. The monoisotopic (exact) mass is 727 g/mol. The molecule has 272 valence electrons. The molecular formula is C49H53N3OSi+2. The summed E-state index contributed by atoms with van der Waals surface area (Å²) in [5.41, 5.74) is 14.0. The Morgan fingerprint density at radius 2 is 1.63 bits per heavy atom. The molecule has 2 unspecified atom stereocenters. The average Bonchev–Trinajstić information content (AvgIpc) is 3.73. The van der Waals surface area contributed by atoms with E-state index in [1.54, 1.807) is 10.8 Å². The maximum absolute atomic E-state index is 6.87. The normalized spacial score (nSPS) is 19.0. The lowest BCUT2D eigenvalue weighted by Gasteiger charge is -2.33. The number of rotatable bonds is 4. The first-order chi connectivity index (χ1) is 26.3. The van der Waals surface area contributed by atoms with Crippen LogP contribution in [0.15, 0.2) is 108 Å². The van der Waals surface area contributed by atoms with Gasteiger partial charge in [-0.05, 0) is 73.1 Å². The van der Waals surface area contributed by atoms with Crippen LogP contribution in [0.4, 0.5) is 0 Å². The van der Waals surface area contributed by atoms with E-state index < -0.39 is 8.07 Å². The number of aromatic nitrogens is 3. The largest absolute Gasteiger partial charge is 0.455 e. The van der Waals surface area contributed by atoms with Gasteiger partial charge in [-0.3, -0.25) is 0 Å². The van der Waals surface area contributed by atoms with Crippen molar-refractivity contribution in [3.63, 3.8) is 0 Å². The van der Waals surface area contributed by atoms with Crippen molar-refractivity contribution in [3.8, 4) is 22.6 Å². The van der Waals surface area contributed by atoms with Crippen molar-refractivity contribution in [1.82, 2.24) is 4.57 Å². The molecule has 0 amide bonds. The fourth-order valence-electron chi connectivity index (χ4n) is 10.7. The van der Waals surface area contributed by atoms with Gasteiger partial charge < -0.3 is 4.42 Å². The molecule has 0 bridgehead atoms. The predicted molar refractivity (Wildman–Crippen MR) is 226 cm³/mol. The minimum atomic E-state index is -1.67. The van der Waals surface area contributed by atoms with E-state index in [0.717, 1.165) is 48.6 Å². The first-order valence-electron chi connectivity index (χ1n) is 20.6. The summed E-state index contributed by atoms with van der Waals surface area (Å²) in [6.07, 6.45) is 13.7. The Balaban J connectivity index is 1.21. The van der Waals surface area contributed by atoms with Crippen LogP contribution in [0.25, 0.3) is 61.3 Å². The highest BCUT2D eigenvalue weighted by Gasteiger charge is 2.45. The fraction of sp³-hybridized carbons (Fsp3) is 0.347. The summed E-state index contributed by atoms with van der Waals surface area (Å²) in [4.78, 5) is 0. The molecule has 0 saturated heterocycles. The highest BCUT2D eigenvalue weighted by atomic mass is 28.3. The van der Waals surface area contributed by atoms with Gasteiger partial charge in [0.1, 0.15) is 16.8 Å². The Kier molecular flexibility index (Phi) is 8.10. The molecular weight excluding hydrogens is 675 g/mol. The van der Waals surface area contributed by atoms with E-state index in [1.807, 2.05) is 0 Å². The van der Waals surface area contributed by atoms with Crippen LogP contribution in [-0.2, 0) is 19.4 Å². The molecule has 10 rings (SSSR count). The minimum Gasteiger partial charge on any atom is -0.455 e. The third-order valence-corrected chi connectivity index (χ3v) is 15.3. The molecule has 4 aromatic carbocycles. The lowest BCUT2D eigenvalue weighted by Crippen LogP contribution is -2.54. The molecule has 2 aliphatic heterocycles. The number of hydrogen-bond acceptors (Lipinski definition) is 1. The van der Waals surface area contributed by atoms with Gasteiger partial charge in [-0.15, -0.1) is 0 Å². The van der Waals surface area contributed by atoms with Crippen LogP contribution >= 0.6 is 0 Å². The van der Waals surface area contributed by atoms with Gasteiger partial charge in [0.15, 0.2) is 28.9 Å². The van der Waals surface area contributed by atoms with Crippen molar-refractivity contribution in [1.29, 1.82) is 0 Å². The van der Waals surface area contributed by atoms with Crippen LogP contribution in [0, 0.1) is 5.92 Å². The zero-order valence-corrected chi connectivity index (χ0v) is 33.5. The number of para-hydroxylation sites is 3. The standard InChI is InChI=1S/C49H53N3OSi/c1-6-50-41-21-13-14-22-42(41)52-32(2)28-43-38(26-24-34-25-27-40-39-20-12-15-23-45(39)53-48(40)47(34)49(50)52)36-18-10-11-19-37(36)44-30-35(29-33-16-8-7-9-17-33)46(31-51(43)44)54(3,4)5/h10-15,18-23,25,27,30-31,33,38,43H,2,6-9,16-17,24,26,28-29H2,1,3-5H3/q+2. The molecule has 54 heavy (non-hydrogen) atoms. The summed E-state index contributed by atoms with van der Waals surface area (Å²) in [6, 6.07) is 34.4. The number of aryl methyl sites for hydroxylation is 2. The van der Waals surface area contributed by atoms with Crippen molar-refractivity contribution in [2.24, 2.45) is 5.92 Å². The van der Waals surface area contributed by atoms with E-state index in [1.165, 1.54) is 94.1 Å². The quantitative estimate of drug-likeness (QED) is 0.131. The number of allylic oxidation sites excluding steroid dienone is 1. The lowest BCUT2D eigenvalue weighted by molar-refractivity contribution is -0.716. The van der Waals surface area contributed by atoms with Crippen LogP contribution in [0.5, 0.6) is 0 Å². The van der Waals surface area contributed by atoms with Crippen molar-refractivity contribution >= 4 is 51.9 Å². The first-order valence-corrected chi connectivity index (χ1v) is 24.1. The highest BCUT2D eigenvalue weighted by Crippen LogP contribution is 2.47. The Bertz CT molecular complexity index is 2610. The molecule has 1 aliphatic carbocycles. The van der Waals surface area contributed by atoms with E-state index in [9.17, 15) is 0 Å². The number of imidazole rings is 1. The summed E-state index contributed by atoms with van der Waals surface area (Å²) >= 11 is 0. The number of hydrogen-bond donors (Lipinski definition) is 0. The van der Waals surface area contributed by atoms with Crippen LogP contribution in [0.2, 0.25) is 19.6 Å². The Morgan fingerprint density at radius 1 is 0.852 bits per heavy atom. The zero-order valence-electron chi connectivity index (χ0n) is 32.5. The second-order valence-corrected chi connectivity index (χ2v) is 22.5. The van der Waals surface area contributed by atoms with E-state index in [4.69, 9.17) is 11.0 Å². The summed E-state index contributed by atoms with van der Waals surface area (Å²) in [5, 5.41) is 4.00. The van der Waals surface area contributed by atoms with Crippen molar-refractivity contribution in [3.05, 3.63) is 120 Å². The topological polar surface area (TPSA) is 25.8 Å². The maximum atomic E-state index is 6.87. The minimum absolute atomic E-state index is 0.252. The molecule has 5 heterocycles. The zero-order chi connectivity index (χ0) is 36.7. The van der Waals surface area contributed by atoms with Crippen LogP contribution in [0.3, 0.4) is 0 Å². The molecule has 3 aliphatic rings. The maximum Gasteiger partial charge on any atom is 0.298 e. The second-order valence-electron chi connectivity index (χ2n) is 17.5. The van der Waals surface area contributed by atoms with Gasteiger partial charge in [0, 0.05) is 33.5 Å². The van der Waals surface area contributed by atoms with Crippen LogP contribution in [-0.4, -0.2) is 12.6 Å². The summed E-state index contributed by atoms with van der Waals surface area (Å²) in [5.74, 6) is 2.34. The van der Waals surface area contributed by atoms with Gasteiger partial charge in [-0.1, -0.05) is 119 Å². The fourth-order valence-corrected chi connectivity index (χ4v) is 12.4. The number of pyridine rings is 1. The lowest BCUT2D eigenvalue weighted by atomic mass is 9.77. The Hall–Kier alpha value is -4.74. The molecule has 3 aromatic heterocycles. The molecule has 4 nitrogen and oxygen atoms in total. The summed E-state index contributed by atoms with van der Waals surface area (Å²) in [7, 11) is -1.67. The molecule has 1 saturated carbocycles. The Morgan fingerprint density at radius 3 is 2.46 bits per heavy atom. The SMILES string of the molecule is C=C1CC2C(CCc3ccc4c(oc5ccccc54)c3-c3n1c1ccccc1[n+]3CC)c1ccccc1-c1cc(CC3CCCCC3)c([Si](C)(C)C)c[n+]12. The van der Waals surface area contributed by atoms with E-state index >= 15 is 0 Å². The van der Waals surface area contributed by atoms with Gasteiger partial charge in [0.05, 0.1) is 21.0 Å². The van der Waals surface area contributed by atoms with Crippen molar-refractivity contribution < 1.29 is 13.6 Å². The summed E-state index contributed by atoms with van der Waals surface area (Å²) in [6.45, 7) is 15.8. The number of benzene rings is 4. The van der Waals surface area contributed by atoms with Crippen LogP contribution in [0.1, 0.15) is 80.5 Å². The van der Waals surface area contributed by atoms with E-state index in [0.29, 0.717) is 5.92 Å². The summed E-state index contributed by atoms with van der Waals surface area (Å²) < 4.78 is 14.6. The smallest absolute Gasteiger partial charge is 0.298 e. The van der Waals surface area contributed by atoms with E-state index in [-0.39, 0.29) is 6.04 Å². The van der Waals surface area contributed by atoms with Gasteiger partial charge in [0.25, 0.3) is 5.82 Å².